The van der Waals surface area contributed by atoms with Gasteiger partial charge in [-0.05, 0) is 24.2 Å². The standard InChI is InChI=1S/C11H23ClO2S/c1-5-15(13,14)8-6-7-10(9-12)11(2,3)4/h10H,5-9H2,1-4H3. The summed E-state index contributed by atoms with van der Waals surface area (Å²) in [5.74, 6) is 1.54. The van der Waals surface area contributed by atoms with E-state index in [1.54, 1.807) is 6.92 Å². The maximum absolute atomic E-state index is 11.3. The van der Waals surface area contributed by atoms with Gasteiger partial charge in [-0.2, -0.15) is 0 Å². The van der Waals surface area contributed by atoms with Crippen molar-refractivity contribution in [1.29, 1.82) is 0 Å². The van der Waals surface area contributed by atoms with Crippen LogP contribution in [0.25, 0.3) is 0 Å². The maximum Gasteiger partial charge on any atom is 0.150 e. The Morgan fingerprint density at radius 1 is 1.27 bits per heavy atom. The molecule has 0 aromatic carbocycles. The molecule has 1 atom stereocenters. The lowest BCUT2D eigenvalue weighted by Crippen LogP contribution is -2.23. The van der Waals surface area contributed by atoms with E-state index in [-0.39, 0.29) is 11.2 Å². The topological polar surface area (TPSA) is 34.1 Å². The van der Waals surface area contributed by atoms with E-state index in [4.69, 9.17) is 11.6 Å². The highest BCUT2D eigenvalue weighted by Crippen LogP contribution is 2.30. The molecule has 0 aromatic heterocycles. The van der Waals surface area contributed by atoms with Gasteiger partial charge in [0.25, 0.3) is 0 Å². The molecule has 0 aliphatic carbocycles. The summed E-state index contributed by atoms with van der Waals surface area (Å²) in [5.41, 5.74) is 0.164. The minimum absolute atomic E-state index is 0.164. The van der Waals surface area contributed by atoms with Crippen LogP contribution in [-0.2, 0) is 9.84 Å². The first-order valence-electron chi connectivity index (χ1n) is 5.49. The maximum atomic E-state index is 11.3. The Kier molecular flexibility index (Phi) is 6.19. The zero-order chi connectivity index (χ0) is 12.1. The van der Waals surface area contributed by atoms with E-state index < -0.39 is 9.84 Å². The number of hydrogen-bond acceptors (Lipinski definition) is 2. The normalized spacial score (nSPS) is 15.3. The van der Waals surface area contributed by atoms with Crippen LogP contribution in [0, 0.1) is 11.3 Å². The van der Waals surface area contributed by atoms with E-state index in [1.165, 1.54) is 0 Å². The van der Waals surface area contributed by atoms with Crippen molar-refractivity contribution in [3.05, 3.63) is 0 Å². The lowest BCUT2D eigenvalue weighted by Gasteiger charge is -2.28. The fourth-order valence-corrected chi connectivity index (χ4v) is 2.95. The summed E-state index contributed by atoms with van der Waals surface area (Å²) in [4.78, 5) is 0. The van der Waals surface area contributed by atoms with E-state index in [0.29, 0.717) is 17.6 Å². The predicted octanol–water partition coefficient (Wildman–Crippen LogP) is 3.10. The molecule has 0 spiro atoms. The molecule has 92 valence electrons. The molecule has 4 heteroatoms. The molecule has 0 aliphatic heterocycles. The number of sulfone groups is 1. The average molecular weight is 255 g/mol. The van der Waals surface area contributed by atoms with Crippen LogP contribution in [0.4, 0.5) is 0 Å². The van der Waals surface area contributed by atoms with Crippen molar-refractivity contribution in [2.24, 2.45) is 11.3 Å². The van der Waals surface area contributed by atoms with Crippen molar-refractivity contribution >= 4 is 21.4 Å². The van der Waals surface area contributed by atoms with Crippen LogP contribution in [0.2, 0.25) is 0 Å². The molecule has 0 heterocycles. The van der Waals surface area contributed by atoms with Gasteiger partial charge in [-0.3, -0.25) is 0 Å². The smallest absolute Gasteiger partial charge is 0.150 e. The highest BCUT2D eigenvalue weighted by molar-refractivity contribution is 7.91. The second kappa shape index (κ2) is 6.09. The fourth-order valence-electron chi connectivity index (χ4n) is 1.44. The molecule has 0 rings (SSSR count). The summed E-state index contributed by atoms with van der Waals surface area (Å²) in [6.07, 6.45) is 1.62. The van der Waals surface area contributed by atoms with Crippen LogP contribution in [0.1, 0.15) is 40.5 Å². The quantitative estimate of drug-likeness (QED) is 0.683. The van der Waals surface area contributed by atoms with Gasteiger partial charge in [-0.15, -0.1) is 11.6 Å². The zero-order valence-electron chi connectivity index (χ0n) is 10.2. The number of rotatable bonds is 6. The van der Waals surface area contributed by atoms with Crippen LogP contribution in [-0.4, -0.2) is 25.8 Å². The Morgan fingerprint density at radius 2 is 1.80 bits per heavy atom. The first kappa shape index (κ1) is 15.2. The van der Waals surface area contributed by atoms with E-state index in [0.717, 1.165) is 12.8 Å². The third-order valence-corrected chi connectivity index (χ3v) is 5.02. The summed E-state index contributed by atoms with van der Waals surface area (Å²) in [6.45, 7) is 8.13. The molecule has 0 aromatic rings. The second-order valence-corrected chi connectivity index (χ2v) is 7.88. The molecule has 15 heavy (non-hydrogen) atoms. The summed E-state index contributed by atoms with van der Waals surface area (Å²) in [7, 11) is -2.81. The Bertz CT molecular complexity index is 265. The molecule has 1 unspecified atom stereocenters. The average Bonchev–Trinajstić information content (AvgIpc) is 2.10. The van der Waals surface area contributed by atoms with Crippen LogP contribution >= 0.6 is 11.6 Å². The van der Waals surface area contributed by atoms with Gasteiger partial charge in [0.15, 0.2) is 0 Å². The van der Waals surface area contributed by atoms with E-state index in [2.05, 4.69) is 20.8 Å². The molecule has 0 amide bonds. The lowest BCUT2D eigenvalue weighted by atomic mass is 9.79. The summed E-state index contributed by atoms with van der Waals surface area (Å²) in [6, 6.07) is 0. The monoisotopic (exact) mass is 254 g/mol. The van der Waals surface area contributed by atoms with Crippen molar-refractivity contribution in [2.45, 2.75) is 40.5 Å². The van der Waals surface area contributed by atoms with Crippen molar-refractivity contribution < 1.29 is 8.42 Å². The Balaban J connectivity index is 4.05. The van der Waals surface area contributed by atoms with Gasteiger partial charge in [-0.1, -0.05) is 27.7 Å². The second-order valence-electron chi connectivity index (χ2n) is 5.10. The Morgan fingerprint density at radius 3 is 2.13 bits per heavy atom. The predicted molar refractivity (Wildman–Crippen MR) is 67.2 cm³/mol. The molecule has 2 nitrogen and oxygen atoms in total. The molecular weight excluding hydrogens is 232 g/mol. The van der Waals surface area contributed by atoms with Crippen LogP contribution < -0.4 is 0 Å². The SMILES string of the molecule is CCS(=O)(=O)CCCC(CCl)C(C)(C)C. The van der Waals surface area contributed by atoms with Gasteiger partial charge in [-0.25, -0.2) is 8.42 Å². The highest BCUT2D eigenvalue weighted by Gasteiger charge is 2.23. The van der Waals surface area contributed by atoms with Crippen molar-refractivity contribution in [1.82, 2.24) is 0 Å². The molecule has 0 saturated heterocycles. The molecule has 0 fully saturated rings. The van der Waals surface area contributed by atoms with E-state index in [1.807, 2.05) is 0 Å². The number of alkyl halides is 1. The van der Waals surface area contributed by atoms with Gasteiger partial charge in [0.2, 0.25) is 0 Å². The fraction of sp³-hybridized carbons (Fsp3) is 1.00. The third-order valence-electron chi connectivity index (χ3n) is 2.86. The van der Waals surface area contributed by atoms with E-state index in [9.17, 15) is 8.42 Å². The zero-order valence-corrected chi connectivity index (χ0v) is 11.8. The molecule has 0 radical (unpaired) electrons. The molecule has 0 bridgehead atoms. The van der Waals surface area contributed by atoms with Crippen LogP contribution in [0.3, 0.4) is 0 Å². The van der Waals surface area contributed by atoms with Gasteiger partial charge >= 0.3 is 0 Å². The number of halogens is 1. The van der Waals surface area contributed by atoms with Crippen LogP contribution in [0.15, 0.2) is 0 Å². The highest BCUT2D eigenvalue weighted by atomic mass is 35.5. The lowest BCUT2D eigenvalue weighted by molar-refractivity contribution is 0.249. The largest absolute Gasteiger partial charge is 0.229 e. The van der Waals surface area contributed by atoms with E-state index >= 15 is 0 Å². The Hall–Kier alpha value is 0.240. The summed E-state index contributed by atoms with van der Waals surface area (Å²) >= 11 is 5.89. The van der Waals surface area contributed by atoms with Crippen molar-refractivity contribution in [3.63, 3.8) is 0 Å². The van der Waals surface area contributed by atoms with Crippen molar-refractivity contribution in [3.8, 4) is 0 Å². The molecular formula is C11H23ClO2S. The molecule has 0 aliphatic rings. The van der Waals surface area contributed by atoms with Gasteiger partial charge in [0.05, 0.1) is 5.75 Å². The summed E-state index contributed by atoms with van der Waals surface area (Å²) < 4.78 is 22.6. The van der Waals surface area contributed by atoms with Gasteiger partial charge in [0, 0.05) is 11.6 Å². The van der Waals surface area contributed by atoms with Gasteiger partial charge < -0.3 is 0 Å². The third kappa shape index (κ3) is 6.41. The first-order chi connectivity index (χ1) is 6.73. The van der Waals surface area contributed by atoms with Crippen LogP contribution in [0.5, 0.6) is 0 Å². The summed E-state index contributed by atoms with van der Waals surface area (Å²) in [5, 5.41) is 0. The molecule has 0 N–H and O–H groups in total. The van der Waals surface area contributed by atoms with Gasteiger partial charge in [0.1, 0.15) is 9.84 Å². The molecule has 0 saturated carbocycles. The van der Waals surface area contributed by atoms with Crippen molar-refractivity contribution in [2.75, 3.05) is 17.4 Å². The Labute approximate surface area is 99.3 Å². The first-order valence-corrected chi connectivity index (χ1v) is 7.85. The number of hydrogen-bond donors (Lipinski definition) is 0. The minimum atomic E-state index is -2.81. The minimum Gasteiger partial charge on any atom is -0.229 e.